The SMILES string of the molecule is COc1ccc(CN2NN=C(c3c(Br)cccc3SCc3ccccc3)N2)cc1. The van der Waals surface area contributed by atoms with E-state index in [0.717, 1.165) is 32.9 Å². The van der Waals surface area contributed by atoms with E-state index in [1.807, 2.05) is 41.5 Å². The molecule has 4 rings (SSSR count). The predicted octanol–water partition coefficient (Wildman–Crippen LogP) is 4.94. The molecule has 1 heterocycles. The highest BCUT2D eigenvalue weighted by Crippen LogP contribution is 2.31. The largest absolute Gasteiger partial charge is 0.497 e. The normalized spacial score (nSPS) is 13.5. The van der Waals surface area contributed by atoms with Crippen LogP contribution in [0.25, 0.3) is 0 Å². The number of rotatable bonds is 7. The van der Waals surface area contributed by atoms with Crippen molar-refractivity contribution < 1.29 is 4.74 Å². The lowest BCUT2D eigenvalue weighted by atomic mass is 10.2. The minimum atomic E-state index is 0.661. The van der Waals surface area contributed by atoms with Crippen molar-refractivity contribution in [3.05, 3.63) is 94.0 Å². The molecule has 29 heavy (non-hydrogen) atoms. The highest BCUT2D eigenvalue weighted by Gasteiger charge is 2.21. The highest BCUT2D eigenvalue weighted by molar-refractivity contribution is 9.10. The van der Waals surface area contributed by atoms with Crippen LogP contribution in [0.15, 0.2) is 87.3 Å². The number of nitrogens with one attached hydrogen (secondary N) is 2. The van der Waals surface area contributed by atoms with Gasteiger partial charge in [-0.2, -0.15) is 0 Å². The molecule has 7 heteroatoms. The van der Waals surface area contributed by atoms with E-state index in [1.54, 1.807) is 18.9 Å². The van der Waals surface area contributed by atoms with E-state index in [-0.39, 0.29) is 0 Å². The van der Waals surface area contributed by atoms with Crippen LogP contribution < -0.4 is 15.7 Å². The number of amidine groups is 1. The van der Waals surface area contributed by atoms with Gasteiger partial charge in [-0.15, -0.1) is 22.0 Å². The van der Waals surface area contributed by atoms with Crippen molar-refractivity contribution in [3.63, 3.8) is 0 Å². The second kappa shape index (κ2) is 9.35. The zero-order chi connectivity index (χ0) is 20.1. The summed E-state index contributed by atoms with van der Waals surface area (Å²) in [5.41, 5.74) is 9.92. The Balaban J connectivity index is 1.45. The number of hydrazine groups is 2. The summed E-state index contributed by atoms with van der Waals surface area (Å²) in [6.07, 6.45) is 0. The van der Waals surface area contributed by atoms with Crippen LogP contribution in [0.4, 0.5) is 0 Å². The van der Waals surface area contributed by atoms with Crippen LogP contribution in [0, 0.1) is 0 Å². The number of thioether (sulfide) groups is 1. The summed E-state index contributed by atoms with van der Waals surface area (Å²) < 4.78 is 6.23. The third-order valence-electron chi connectivity index (χ3n) is 4.47. The Morgan fingerprint density at radius 1 is 0.966 bits per heavy atom. The van der Waals surface area contributed by atoms with E-state index in [1.165, 1.54) is 10.5 Å². The van der Waals surface area contributed by atoms with E-state index in [4.69, 9.17) is 4.74 Å². The molecule has 0 amide bonds. The van der Waals surface area contributed by atoms with Gasteiger partial charge >= 0.3 is 0 Å². The van der Waals surface area contributed by atoms with Crippen LogP contribution in [-0.2, 0) is 12.3 Å². The monoisotopic (exact) mass is 468 g/mol. The molecule has 0 radical (unpaired) electrons. The smallest absolute Gasteiger partial charge is 0.172 e. The maximum Gasteiger partial charge on any atom is 0.172 e. The van der Waals surface area contributed by atoms with Gasteiger partial charge in [0, 0.05) is 20.7 Å². The number of benzene rings is 3. The predicted molar refractivity (Wildman–Crippen MR) is 121 cm³/mol. The lowest BCUT2D eigenvalue weighted by Crippen LogP contribution is -2.41. The van der Waals surface area contributed by atoms with E-state index in [9.17, 15) is 0 Å². The van der Waals surface area contributed by atoms with Gasteiger partial charge in [-0.05, 0) is 51.3 Å². The number of nitrogens with zero attached hydrogens (tertiary/aromatic N) is 2. The fourth-order valence-corrected chi connectivity index (χ4v) is 4.70. The molecule has 0 bridgehead atoms. The first-order valence-corrected chi connectivity index (χ1v) is 11.0. The maximum absolute atomic E-state index is 5.22. The van der Waals surface area contributed by atoms with E-state index in [0.29, 0.717) is 6.54 Å². The van der Waals surface area contributed by atoms with Gasteiger partial charge in [0.25, 0.3) is 0 Å². The molecule has 0 spiro atoms. The minimum Gasteiger partial charge on any atom is -0.497 e. The molecule has 5 nitrogen and oxygen atoms in total. The van der Waals surface area contributed by atoms with Crippen LogP contribution in [-0.4, -0.2) is 18.1 Å². The Bertz CT molecular complexity index is 995. The molecule has 0 aromatic heterocycles. The summed E-state index contributed by atoms with van der Waals surface area (Å²) in [6, 6.07) is 24.7. The molecule has 2 N–H and O–H groups in total. The summed E-state index contributed by atoms with van der Waals surface area (Å²) in [4.78, 5) is 1.17. The zero-order valence-electron chi connectivity index (χ0n) is 15.9. The Morgan fingerprint density at radius 3 is 2.52 bits per heavy atom. The average molecular weight is 469 g/mol. The summed E-state index contributed by atoms with van der Waals surface area (Å²) in [5.74, 6) is 2.54. The number of methoxy groups -OCH3 is 1. The summed E-state index contributed by atoms with van der Waals surface area (Å²) in [5, 5.41) is 6.37. The van der Waals surface area contributed by atoms with Crippen molar-refractivity contribution in [2.45, 2.75) is 17.2 Å². The second-order valence-electron chi connectivity index (χ2n) is 6.49. The Labute approximate surface area is 183 Å². The van der Waals surface area contributed by atoms with Gasteiger partial charge in [-0.25, -0.2) is 5.53 Å². The molecule has 0 saturated carbocycles. The molecule has 148 valence electrons. The third-order valence-corrected chi connectivity index (χ3v) is 6.26. The van der Waals surface area contributed by atoms with Gasteiger partial charge in [0.05, 0.1) is 13.7 Å². The number of hydrogen-bond donors (Lipinski definition) is 2. The number of hydrazone groups is 1. The molecule has 3 aromatic rings. The van der Waals surface area contributed by atoms with Gasteiger partial charge in [0.1, 0.15) is 5.75 Å². The fourth-order valence-electron chi connectivity index (χ4n) is 2.98. The molecule has 0 saturated heterocycles. The van der Waals surface area contributed by atoms with Crippen LogP contribution in [0.2, 0.25) is 0 Å². The molecule has 0 atom stereocenters. The van der Waals surface area contributed by atoms with Gasteiger partial charge in [0.2, 0.25) is 0 Å². The molecular formula is C22H21BrN4OS. The topological polar surface area (TPSA) is 48.9 Å². The Morgan fingerprint density at radius 2 is 1.76 bits per heavy atom. The van der Waals surface area contributed by atoms with Gasteiger partial charge < -0.3 is 4.74 Å². The van der Waals surface area contributed by atoms with Gasteiger partial charge in [-0.1, -0.05) is 48.5 Å². The lowest BCUT2D eigenvalue weighted by Gasteiger charge is -2.17. The summed E-state index contributed by atoms with van der Waals surface area (Å²) in [7, 11) is 1.67. The molecule has 1 aliphatic heterocycles. The summed E-state index contributed by atoms with van der Waals surface area (Å²) >= 11 is 5.49. The first-order valence-electron chi connectivity index (χ1n) is 9.19. The second-order valence-corrected chi connectivity index (χ2v) is 8.37. The zero-order valence-corrected chi connectivity index (χ0v) is 18.3. The van der Waals surface area contributed by atoms with E-state index < -0.39 is 0 Å². The quantitative estimate of drug-likeness (QED) is 0.481. The van der Waals surface area contributed by atoms with Crippen LogP contribution in [0.3, 0.4) is 0 Å². The first kappa shape index (κ1) is 19.8. The van der Waals surface area contributed by atoms with Crippen molar-refractivity contribution in [2.24, 2.45) is 5.10 Å². The molecule has 0 fully saturated rings. The molecule has 3 aromatic carbocycles. The van der Waals surface area contributed by atoms with Crippen LogP contribution in [0.5, 0.6) is 5.75 Å². The van der Waals surface area contributed by atoms with Crippen molar-refractivity contribution >= 4 is 33.5 Å². The molecule has 0 unspecified atom stereocenters. The Hall–Kier alpha value is -2.48. The Kier molecular flexibility index (Phi) is 6.39. The minimum absolute atomic E-state index is 0.661. The van der Waals surface area contributed by atoms with Gasteiger partial charge in [0.15, 0.2) is 5.84 Å². The lowest BCUT2D eigenvalue weighted by molar-refractivity contribution is 0.170. The summed E-state index contributed by atoms with van der Waals surface area (Å²) in [6.45, 7) is 0.661. The third kappa shape index (κ3) is 4.93. The number of ether oxygens (including phenoxy) is 1. The van der Waals surface area contributed by atoms with E-state index in [2.05, 4.69) is 68.4 Å². The highest BCUT2D eigenvalue weighted by atomic mass is 79.9. The number of hydrogen-bond acceptors (Lipinski definition) is 6. The van der Waals surface area contributed by atoms with Crippen LogP contribution in [0.1, 0.15) is 16.7 Å². The van der Waals surface area contributed by atoms with Gasteiger partial charge in [-0.3, -0.25) is 5.43 Å². The standard InChI is InChI=1S/C22H21BrN4OS/c1-28-18-12-10-16(11-13-18)14-27-25-22(24-26-27)21-19(23)8-5-9-20(21)29-15-17-6-3-2-4-7-17/h2-13,26H,14-15H2,1H3,(H,24,25). The molecular weight excluding hydrogens is 448 g/mol. The van der Waals surface area contributed by atoms with Crippen molar-refractivity contribution in [2.75, 3.05) is 7.11 Å². The molecule has 1 aliphatic rings. The van der Waals surface area contributed by atoms with Crippen LogP contribution >= 0.6 is 27.7 Å². The van der Waals surface area contributed by atoms with Crippen molar-refractivity contribution in [3.8, 4) is 5.75 Å². The van der Waals surface area contributed by atoms with E-state index >= 15 is 0 Å². The number of halogens is 1. The average Bonchev–Trinajstić information content (AvgIpc) is 3.21. The first-order chi connectivity index (χ1) is 14.2. The van der Waals surface area contributed by atoms with Crippen molar-refractivity contribution in [1.82, 2.24) is 16.1 Å². The van der Waals surface area contributed by atoms with Crippen molar-refractivity contribution in [1.29, 1.82) is 0 Å². The molecule has 0 aliphatic carbocycles. The maximum atomic E-state index is 5.22. The fraction of sp³-hybridized carbons (Fsp3) is 0.136.